The van der Waals surface area contributed by atoms with Gasteiger partial charge in [0, 0.05) is 25.8 Å². The molecule has 33 heavy (non-hydrogen) atoms. The monoisotopic (exact) mass is 464 g/mol. The Morgan fingerprint density at radius 1 is 1.24 bits per heavy atom. The normalized spacial score (nSPS) is 12.1. The van der Waals surface area contributed by atoms with E-state index in [9.17, 15) is 9.59 Å². The molecule has 0 aliphatic heterocycles. The summed E-state index contributed by atoms with van der Waals surface area (Å²) < 4.78 is 8.55. The molecule has 0 saturated heterocycles. The zero-order valence-corrected chi connectivity index (χ0v) is 19.1. The van der Waals surface area contributed by atoms with Gasteiger partial charge in [-0.25, -0.2) is 9.67 Å². The van der Waals surface area contributed by atoms with Crippen LogP contribution in [0, 0.1) is 4.77 Å². The van der Waals surface area contributed by atoms with Gasteiger partial charge >= 0.3 is 0 Å². The molecule has 2 aromatic heterocycles. The third kappa shape index (κ3) is 4.91. The Morgan fingerprint density at radius 3 is 2.73 bits per heavy atom. The number of benzene rings is 2. The topological polar surface area (TPSA) is 107 Å². The number of aromatic amines is 1. The van der Waals surface area contributed by atoms with Crippen LogP contribution in [0.1, 0.15) is 35.3 Å². The summed E-state index contributed by atoms with van der Waals surface area (Å²) in [5.74, 6) is -0.242. The number of methoxy groups -OCH3 is 1. The maximum Gasteiger partial charge on any atom is 0.262 e. The maximum absolute atomic E-state index is 12.9. The summed E-state index contributed by atoms with van der Waals surface area (Å²) in [7, 11) is 1.62. The summed E-state index contributed by atoms with van der Waals surface area (Å²) in [6, 6.07) is 12.4. The fraction of sp³-hybridized carbons (Fsp3) is 0.261. The molecule has 0 aliphatic carbocycles. The summed E-state index contributed by atoms with van der Waals surface area (Å²) >= 11 is 5.36. The third-order valence-corrected chi connectivity index (χ3v) is 5.72. The van der Waals surface area contributed by atoms with E-state index < -0.39 is 0 Å². The Morgan fingerprint density at radius 2 is 2.03 bits per heavy atom. The van der Waals surface area contributed by atoms with Crippen LogP contribution in [0.5, 0.6) is 0 Å². The third-order valence-electron chi connectivity index (χ3n) is 5.40. The van der Waals surface area contributed by atoms with Gasteiger partial charge in [0.2, 0.25) is 0 Å². The first-order valence-electron chi connectivity index (χ1n) is 10.5. The van der Waals surface area contributed by atoms with Crippen molar-refractivity contribution in [3.05, 3.63) is 81.4 Å². The number of carbonyl (C=O) groups excluding carboxylic acids is 1. The zero-order valence-electron chi connectivity index (χ0n) is 18.3. The molecule has 0 saturated carbocycles. The molecule has 0 radical (unpaired) electrons. The number of nitrogens with one attached hydrogen (secondary N) is 2. The lowest BCUT2D eigenvalue weighted by Crippen LogP contribution is -2.27. The van der Waals surface area contributed by atoms with Crippen LogP contribution in [0.25, 0.3) is 16.6 Å². The first-order valence-corrected chi connectivity index (χ1v) is 10.9. The molecule has 10 heteroatoms. The van der Waals surface area contributed by atoms with Crippen molar-refractivity contribution < 1.29 is 9.53 Å². The molecule has 2 heterocycles. The largest absolute Gasteiger partial charge is 0.385 e. The minimum Gasteiger partial charge on any atom is -0.385 e. The van der Waals surface area contributed by atoms with Crippen molar-refractivity contribution in [1.29, 1.82) is 0 Å². The summed E-state index contributed by atoms with van der Waals surface area (Å²) in [6.45, 7) is 2.92. The number of H-pyrrole nitrogens is 1. The molecule has 9 nitrogen and oxygen atoms in total. The summed E-state index contributed by atoms with van der Waals surface area (Å²) in [6.07, 6.45) is 3.78. The second-order valence-electron chi connectivity index (χ2n) is 7.62. The van der Waals surface area contributed by atoms with Crippen LogP contribution in [0.2, 0.25) is 0 Å². The molecule has 0 bridgehead atoms. The fourth-order valence-corrected chi connectivity index (χ4v) is 3.87. The van der Waals surface area contributed by atoms with Gasteiger partial charge in [0.15, 0.2) is 4.77 Å². The van der Waals surface area contributed by atoms with Crippen LogP contribution < -0.4 is 10.9 Å². The Hall–Kier alpha value is -3.63. The first kappa shape index (κ1) is 22.6. The number of nitrogens with zero attached hydrogens (tertiary/aromatic N) is 4. The summed E-state index contributed by atoms with van der Waals surface area (Å²) in [5, 5.41) is 7.58. The number of aromatic nitrogens is 5. The zero-order chi connectivity index (χ0) is 23.4. The fourth-order valence-electron chi connectivity index (χ4n) is 3.59. The highest BCUT2D eigenvalue weighted by Gasteiger charge is 2.14. The molecular formula is C23H24N6O3S. The van der Waals surface area contributed by atoms with Crippen molar-refractivity contribution in [2.75, 3.05) is 13.7 Å². The van der Waals surface area contributed by atoms with Gasteiger partial charge in [-0.05, 0) is 61.5 Å². The average molecular weight is 465 g/mol. The molecule has 1 unspecified atom stereocenters. The van der Waals surface area contributed by atoms with Crippen LogP contribution in [-0.4, -0.2) is 43.9 Å². The van der Waals surface area contributed by atoms with E-state index in [1.54, 1.807) is 36.3 Å². The average Bonchev–Trinajstić information content (AvgIpc) is 3.36. The predicted octanol–water partition coefficient (Wildman–Crippen LogP) is 3.17. The highest BCUT2D eigenvalue weighted by molar-refractivity contribution is 7.71. The minimum absolute atomic E-state index is 0.183. The lowest BCUT2D eigenvalue weighted by molar-refractivity contribution is 0.0940. The van der Waals surface area contributed by atoms with Crippen LogP contribution >= 0.6 is 12.2 Å². The molecule has 0 aliphatic rings. The highest BCUT2D eigenvalue weighted by atomic mass is 32.1. The van der Waals surface area contributed by atoms with E-state index in [0.717, 1.165) is 11.3 Å². The van der Waals surface area contributed by atoms with Crippen LogP contribution in [0.4, 0.5) is 0 Å². The van der Waals surface area contributed by atoms with Crippen molar-refractivity contribution in [2.24, 2.45) is 0 Å². The Bertz CT molecular complexity index is 1380. The molecule has 2 N–H and O–H groups in total. The van der Waals surface area contributed by atoms with E-state index in [1.807, 2.05) is 31.2 Å². The standard InChI is InChI=1S/C23H24N6O3S/c1-15(16-4-7-18(8-5-16)29-14-24-13-25-29)26-21(30)17-6-9-19-20(12-17)27-23(33)28(22(19)31)10-3-11-32-2/h4-9,12-15H,3,10-11H2,1-2H3,(H,26,30)(H,27,33). The van der Waals surface area contributed by atoms with Gasteiger partial charge in [-0.2, -0.15) is 5.10 Å². The molecule has 0 fully saturated rings. The lowest BCUT2D eigenvalue weighted by Gasteiger charge is -2.15. The van der Waals surface area contributed by atoms with Crippen LogP contribution in [0.3, 0.4) is 0 Å². The van der Waals surface area contributed by atoms with Crippen molar-refractivity contribution >= 4 is 29.0 Å². The summed E-state index contributed by atoms with van der Waals surface area (Å²) in [5.41, 5.74) is 2.62. The van der Waals surface area contributed by atoms with E-state index in [-0.39, 0.29) is 17.5 Å². The van der Waals surface area contributed by atoms with E-state index in [4.69, 9.17) is 17.0 Å². The molecule has 4 aromatic rings. The SMILES string of the molecule is COCCCn1c(=S)[nH]c2cc(C(=O)NC(C)c3ccc(-n4cncn4)cc3)ccc2c1=O. The molecule has 170 valence electrons. The smallest absolute Gasteiger partial charge is 0.262 e. The summed E-state index contributed by atoms with van der Waals surface area (Å²) in [4.78, 5) is 32.7. The van der Waals surface area contributed by atoms with Crippen molar-refractivity contribution in [1.82, 2.24) is 29.6 Å². The molecule has 2 aromatic carbocycles. The molecule has 1 atom stereocenters. The van der Waals surface area contributed by atoms with E-state index in [0.29, 0.717) is 40.8 Å². The van der Waals surface area contributed by atoms with Gasteiger partial charge in [-0.1, -0.05) is 12.1 Å². The van der Waals surface area contributed by atoms with Gasteiger partial charge < -0.3 is 15.0 Å². The number of hydrogen-bond donors (Lipinski definition) is 2. The minimum atomic E-state index is -0.242. The lowest BCUT2D eigenvalue weighted by atomic mass is 10.1. The second kappa shape index (κ2) is 9.88. The molecule has 0 spiro atoms. The molecular weight excluding hydrogens is 440 g/mol. The van der Waals surface area contributed by atoms with E-state index in [1.165, 1.54) is 10.9 Å². The maximum atomic E-state index is 12.9. The van der Waals surface area contributed by atoms with E-state index in [2.05, 4.69) is 20.4 Å². The van der Waals surface area contributed by atoms with Crippen molar-refractivity contribution in [3.8, 4) is 5.69 Å². The van der Waals surface area contributed by atoms with Crippen molar-refractivity contribution in [3.63, 3.8) is 0 Å². The Balaban J connectivity index is 1.51. The quantitative estimate of drug-likeness (QED) is 0.306. The van der Waals surface area contributed by atoms with Gasteiger partial charge in [0.25, 0.3) is 11.5 Å². The highest BCUT2D eigenvalue weighted by Crippen LogP contribution is 2.17. The molecule has 1 amide bonds. The number of hydrogen-bond acceptors (Lipinski definition) is 6. The Kier molecular flexibility index (Phi) is 6.76. The number of fused-ring (bicyclic) bond motifs is 1. The van der Waals surface area contributed by atoms with Gasteiger partial charge in [0.05, 0.1) is 22.6 Å². The second-order valence-corrected chi connectivity index (χ2v) is 8.01. The predicted molar refractivity (Wildman–Crippen MR) is 127 cm³/mol. The first-order chi connectivity index (χ1) is 16.0. The van der Waals surface area contributed by atoms with E-state index >= 15 is 0 Å². The number of ether oxygens (including phenoxy) is 1. The number of amides is 1. The number of carbonyl (C=O) groups is 1. The van der Waals surface area contributed by atoms with Crippen molar-refractivity contribution in [2.45, 2.75) is 25.9 Å². The molecule has 4 rings (SSSR count). The Labute approximate surface area is 195 Å². The van der Waals surface area contributed by atoms with Gasteiger partial charge in [-0.3, -0.25) is 14.2 Å². The van der Waals surface area contributed by atoms with Crippen LogP contribution in [0.15, 0.2) is 59.9 Å². The van der Waals surface area contributed by atoms with Crippen LogP contribution in [-0.2, 0) is 11.3 Å². The number of rotatable bonds is 8. The van der Waals surface area contributed by atoms with Gasteiger partial charge in [0.1, 0.15) is 12.7 Å². The van der Waals surface area contributed by atoms with Gasteiger partial charge in [-0.15, -0.1) is 0 Å².